The number of hydrogen-bond donors (Lipinski definition) is 1. The van der Waals surface area contributed by atoms with Crippen molar-refractivity contribution in [3.8, 4) is 5.69 Å². The van der Waals surface area contributed by atoms with Crippen LogP contribution in [-0.2, 0) is 6.42 Å². The summed E-state index contributed by atoms with van der Waals surface area (Å²) in [5.41, 5.74) is 4.23. The Bertz CT molecular complexity index is 796. The second-order valence-corrected chi connectivity index (χ2v) is 5.99. The predicted octanol–water partition coefficient (Wildman–Crippen LogP) is 4.21. The molecule has 0 unspecified atom stereocenters. The lowest BCUT2D eigenvalue weighted by molar-refractivity contribution is 0.574. The Hall–Kier alpha value is -2.46. The fourth-order valence-corrected chi connectivity index (χ4v) is 2.90. The van der Waals surface area contributed by atoms with E-state index in [1.54, 1.807) is 10.7 Å². The monoisotopic (exact) mass is 323 g/mol. The Morgan fingerprint density at radius 1 is 1.12 bits per heavy atom. The molecule has 1 atom stereocenters. The number of nitrogens with one attached hydrogen (secondary N) is 1. The van der Waals surface area contributed by atoms with Crippen molar-refractivity contribution < 1.29 is 4.39 Å². The molecule has 3 aromatic rings. The van der Waals surface area contributed by atoms with Crippen LogP contribution in [0.4, 0.5) is 4.39 Å². The molecule has 0 saturated heterocycles. The molecule has 24 heavy (non-hydrogen) atoms. The Morgan fingerprint density at radius 2 is 1.92 bits per heavy atom. The number of benzene rings is 2. The third-order valence-electron chi connectivity index (χ3n) is 4.27. The highest BCUT2D eigenvalue weighted by Gasteiger charge is 2.14. The molecule has 0 saturated carbocycles. The first-order valence-corrected chi connectivity index (χ1v) is 8.23. The van der Waals surface area contributed by atoms with Gasteiger partial charge in [0.25, 0.3) is 0 Å². The van der Waals surface area contributed by atoms with E-state index in [2.05, 4.69) is 41.6 Å². The summed E-state index contributed by atoms with van der Waals surface area (Å²) in [4.78, 5) is 0. The van der Waals surface area contributed by atoms with Crippen LogP contribution in [0.1, 0.15) is 29.8 Å². The van der Waals surface area contributed by atoms with Gasteiger partial charge in [-0.15, -0.1) is 0 Å². The standard InChI is InChI=1S/C20H22FN3/c1-15(22-12-11-17-7-4-3-5-8-17)20-14-23-24(16(20)2)19-10-6-9-18(21)13-19/h3-10,13-15,22H,11-12H2,1-2H3/t15-/m0/s1. The minimum absolute atomic E-state index is 0.191. The summed E-state index contributed by atoms with van der Waals surface area (Å²) in [6.07, 6.45) is 2.85. The number of nitrogens with zero attached hydrogens (tertiary/aromatic N) is 2. The third-order valence-corrected chi connectivity index (χ3v) is 4.27. The molecule has 0 radical (unpaired) electrons. The van der Waals surface area contributed by atoms with Crippen molar-refractivity contribution in [3.05, 3.63) is 83.4 Å². The summed E-state index contributed by atoms with van der Waals surface area (Å²) in [6.45, 7) is 5.04. The van der Waals surface area contributed by atoms with Crippen molar-refractivity contribution >= 4 is 0 Å². The number of hydrogen-bond acceptors (Lipinski definition) is 2. The molecule has 0 aliphatic rings. The highest BCUT2D eigenvalue weighted by atomic mass is 19.1. The molecular weight excluding hydrogens is 301 g/mol. The second-order valence-electron chi connectivity index (χ2n) is 5.99. The number of rotatable bonds is 6. The maximum atomic E-state index is 13.4. The number of halogens is 1. The normalized spacial score (nSPS) is 12.3. The van der Waals surface area contributed by atoms with Gasteiger partial charge in [0.05, 0.1) is 11.9 Å². The fourth-order valence-electron chi connectivity index (χ4n) is 2.90. The van der Waals surface area contributed by atoms with Gasteiger partial charge in [-0.1, -0.05) is 36.4 Å². The molecule has 1 N–H and O–H groups in total. The summed E-state index contributed by atoms with van der Waals surface area (Å²) >= 11 is 0. The van der Waals surface area contributed by atoms with Crippen LogP contribution in [0, 0.1) is 12.7 Å². The molecular formula is C20H22FN3. The van der Waals surface area contributed by atoms with Gasteiger partial charge >= 0.3 is 0 Å². The van der Waals surface area contributed by atoms with Gasteiger partial charge in [-0.2, -0.15) is 5.10 Å². The summed E-state index contributed by atoms with van der Waals surface area (Å²) in [5.74, 6) is -0.252. The van der Waals surface area contributed by atoms with Gasteiger partial charge in [-0.3, -0.25) is 0 Å². The van der Waals surface area contributed by atoms with Crippen LogP contribution in [0.25, 0.3) is 5.69 Å². The van der Waals surface area contributed by atoms with Gasteiger partial charge in [-0.25, -0.2) is 9.07 Å². The molecule has 0 bridgehead atoms. The molecule has 0 fully saturated rings. The van der Waals surface area contributed by atoms with Crippen molar-refractivity contribution in [2.75, 3.05) is 6.54 Å². The zero-order chi connectivity index (χ0) is 16.9. The quantitative estimate of drug-likeness (QED) is 0.736. The minimum atomic E-state index is -0.252. The van der Waals surface area contributed by atoms with E-state index in [0.717, 1.165) is 29.9 Å². The molecule has 1 aromatic heterocycles. The highest BCUT2D eigenvalue weighted by molar-refractivity contribution is 5.35. The zero-order valence-corrected chi connectivity index (χ0v) is 14.0. The van der Waals surface area contributed by atoms with Crippen molar-refractivity contribution in [1.29, 1.82) is 0 Å². The molecule has 2 aromatic carbocycles. The predicted molar refractivity (Wildman–Crippen MR) is 94.8 cm³/mol. The zero-order valence-electron chi connectivity index (χ0n) is 14.0. The molecule has 0 spiro atoms. The maximum absolute atomic E-state index is 13.4. The Kier molecular flexibility index (Phi) is 5.06. The van der Waals surface area contributed by atoms with Gasteiger partial charge in [0, 0.05) is 17.3 Å². The van der Waals surface area contributed by atoms with E-state index in [1.165, 1.54) is 17.7 Å². The first-order valence-electron chi connectivity index (χ1n) is 8.23. The summed E-state index contributed by atoms with van der Waals surface area (Å²) in [6, 6.07) is 17.1. The minimum Gasteiger partial charge on any atom is -0.310 e. The molecule has 0 aliphatic heterocycles. The van der Waals surface area contributed by atoms with E-state index in [4.69, 9.17) is 0 Å². The van der Waals surface area contributed by atoms with Gasteiger partial charge in [-0.05, 0) is 50.6 Å². The molecule has 0 aliphatic carbocycles. The lowest BCUT2D eigenvalue weighted by Crippen LogP contribution is -2.21. The Balaban J connectivity index is 1.66. The average Bonchev–Trinajstić information content (AvgIpc) is 2.97. The smallest absolute Gasteiger partial charge is 0.125 e. The third kappa shape index (κ3) is 3.71. The molecule has 3 rings (SSSR count). The van der Waals surface area contributed by atoms with Crippen molar-refractivity contribution in [1.82, 2.24) is 15.1 Å². The van der Waals surface area contributed by atoms with Crippen LogP contribution in [0.3, 0.4) is 0 Å². The molecule has 124 valence electrons. The second kappa shape index (κ2) is 7.41. The molecule has 1 heterocycles. The van der Waals surface area contributed by atoms with E-state index in [1.807, 2.05) is 25.3 Å². The molecule has 4 heteroatoms. The average molecular weight is 323 g/mol. The van der Waals surface area contributed by atoms with Crippen LogP contribution in [0.2, 0.25) is 0 Å². The van der Waals surface area contributed by atoms with Crippen LogP contribution >= 0.6 is 0 Å². The maximum Gasteiger partial charge on any atom is 0.125 e. The Labute approximate surface area is 142 Å². The van der Waals surface area contributed by atoms with Crippen molar-refractivity contribution in [2.45, 2.75) is 26.3 Å². The highest BCUT2D eigenvalue weighted by Crippen LogP contribution is 2.20. The van der Waals surface area contributed by atoms with E-state index >= 15 is 0 Å². The topological polar surface area (TPSA) is 29.9 Å². The Morgan fingerprint density at radius 3 is 2.67 bits per heavy atom. The SMILES string of the molecule is Cc1c([C@H](C)NCCc2ccccc2)cnn1-c1cccc(F)c1. The van der Waals surface area contributed by atoms with E-state index in [-0.39, 0.29) is 11.9 Å². The molecule has 3 nitrogen and oxygen atoms in total. The number of aromatic nitrogens is 2. The molecule has 0 amide bonds. The first kappa shape index (κ1) is 16.4. The van der Waals surface area contributed by atoms with Crippen LogP contribution in [0.15, 0.2) is 60.8 Å². The van der Waals surface area contributed by atoms with Crippen molar-refractivity contribution in [3.63, 3.8) is 0 Å². The van der Waals surface area contributed by atoms with Crippen molar-refractivity contribution in [2.24, 2.45) is 0 Å². The first-order chi connectivity index (χ1) is 11.6. The van der Waals surface area contributed by atoms with Crippen LogP contribution < -0.4 is 5.32 Å². The largest absolute Gasteiger partial charge is 0.310 e. The van der Waals surface area contributed by atoms with Crippen LogP contribution in [-0.4, -0.2) is 16.3 Å². The fraction of sp³-hybridized carbons (Fsp3) is 0.250. The lowest BCUT2D eigenvalue weighted by Gasteiger charge is -2.14. The van der Waals surface area contributed by atoms with Gasteiger partial charge in [0.2, 0.25) is 0 Å². The summed E-state index contributed by atoms with van der Waals surface area (Å²) in [5, 5.41) is 7.96. The van der Waals surface area contributed by atoms with Gasteiger partial charge in [0.1, 0.15) is 5.82 Å². The van der Waals surface area contributed by atoms with E-state index in [9.17, 15) is 4.39 Å². The lowest BCUT2D eigenvalue weighted by atomic mass is 10.1. The van der Waals surface area contributed by atoms with E-state index < -0.39 is 0 Å². The van der Waals surface area contributed by atoms with Crippen LogP contribution in [0.5, 0.6) is 0 Å². The summed E-state index contributed by atoms with van der Waals surface area (Å²) in [7, 11) is 0. The van der Waals surface area contributed by atoms with Gasteiger partial charge in [0.15, 0.2) is 0 Å². The van der Waals surface area contributed by atoms with E-state index in [0.29, 0.717) is 0 Å². The summed E-state index contributed by atoms with van der Waals surface area (Å²) < 4.78 is 15.2. The van der Waals surface area contributed by atoms with Gasteiger partial charge < -0.3 is 5.32 Å².